The van der Waals surface area contributed by atoms with Crippen LogP contribution >= 0.6 is 0 Å². The summed E-state index contributed by atoms with van der Waals surface area (Å²) in [5.41, 5.74) is 3.96. The molecule has 2 aromatic carbocycles. The van der Waals surface area contributed by atoms with Gasteiger partial charge < -0.3 is 10.3 Å². The van der Waals surface area contributed by atoms with Gasteiger partial charge in [-0.2, -0.15) is 0 Å². The highest BCUT2D eigenvalue weighted by molar-refractivity contribution is 6.09. The van der Waals surface area contributed by atoms with E-state index >= 15 is 0 Å². The number of aryl methyl sites for hydroxylation is 2. The van der Waals surface area contributed by atoms with Crippen molar-refractivity contribution in [2.45, 2.75) is 6.92 Å². The van der Waals surface area contributed by atoms with E-state index < -0.39 is 0 Å². The molecule has 0 aliphatic heterocycles. The molecule has 124 valence electrons. The highest BCUT2D eigenvalue weighted by Gasteiger charge is 2.12. The van der Waals surface area contributed by atoms with Crippen LogP contribution in [0.25, 0.3) is 21.9 Å². The number of nitrogens with one attached hydrogen (secondary N) is 2. The SMILES string of the molecule is Cc1ccc2cccc(NC(=O)c3ccc4[nH]c(=O)n(C)c4c3)c2n1. The molecule has 0 fully saturated rings. The van der Waals surface area contributed by atoms with E-state index in [2.05, 4.69) is 15.3 Å². The first-order valence-corrected chi connectivity index (χ1v) is 7.89. The van der Waals surface area contributed by atoms with Gasteiger partial charge in [-0.05, 0) is 37.3 Å². The number of para-hydroxylation sites is 1. The van der Waals surface area contributed by atoms with Gasteiger partial charge in [0, 0.05) is 23.7 Å². The first kappa shape index (κ1) is 15.1. The number of rotatable bonds is 2. The third kappa shape index (κ3) is 2.57. The number of hydrogen-bond donors (Lipinski definition) is 2. The van der Waals surface area contributed by atoms with Gasteiger partial charge in [0.25, 0.3) is 5.91 Å². The zero-order valence-electron chi connectivity index (χ0n) is 13.8. The largest absolute Gasteiger partial charge is 0.326 e. The molecule has 0 spiro atoms. The van der Waals surface area contributed by atoms with Gasteiger partial charge in [0.1, 0.15) is 0 Å². The summed E-state index contributed by atoms with van der Waals surface area (Å²) < 4.78 is 1.48. The lowest BCUT2D eigenvalue weighted by Gasteiger charge is -2.09. The van der Waals surface area contributed by atoms with Gasteiger partial charge in [0.05, 0.1) is 22.2 Å². The minimum atomic E-state index is -0.244. The van der Waals surface area contributed by atoms with Crippen molar-refractivity contribution in [3.63, 3.8) is 0 Å². The number of nitrogens with zero attached hydrogens (tertiary/aromatic N) is 2. The van der Waals surface area contributed by atoms with Gasteiger partial charge in [-0.15, -0.1) is 0 Å². The molecule has 2 N–H and O–H groups in total. The monoisotopic (exact) mass is 332 g/mol. The normalized spacial score (nSPS) is 11.1. The molecule has 0 saturated carbocycles. The Balaban J connectivity index is 1.74. The second-order valence-corrected chi connectivity index (χ2v) is 6.01. The lowest BCUT2D eigenvalue weighted by atomic mass is 10.1. The number of pyridine rings is 1. The quantitative estimate of drug-likeness (QED) is 0.592. The first-order chi connectivity index (χ1) is 12.0. The summed E-state index contributed by atoms with van der Waals surface area (Å²) in [7, 11) is 1.67. The summed E-state index contributed by atoms with van der Waals surface area (Å²) in [6.45, 7) is 1.92. The van der Waals surface area contributed by atoms with Crippen molar-refractivity contribution in [1.82, 2.24) is 14.5 Å². The van der Waals surface area contributed by atoms with E-state index in [1.54, 1.807) is 25.2 Å². The van der Waals surface area contributed by atoms with Crippen molar-refractivity contribution in [3.8, 4) is 0 Å². The molecule has 2 aromatic heterocycles. The summed E-state index contributed by atoms with van der Waals surface area (Å²) in [5.74, 6) is -0.244. The van der Waals surface area contributed by atoms with E-state index in [-0.39, 0.29) is 11.6 Å². The van der Waals surface area contributed by atoms with Crippen LogP contribution in [0, 0.1) is 6.92 Å². The molecule has 0 atom stereocenters. The minimum Gasteiger partial charge on any atom is -0.320 e. The molecule has 0 aliphatic rings. The van der Waals surface area contributed by atoms with Crippen molar-refractivity contribution < 1.29 is 4.79 Å². The number of hydrogen-bond acceptors (Lipinski definition) is 3. The molecule has 6 nitrogen and oxygen atoms in total. The van der Waals surface area contributed by atoms with Crippen LogP contribution in [0.3, 0.4) is 0 Å². The molecule has 4 aromatic rings. The van der Waals surface area contributed by atoms with Gasteiger partial charge in [-0.25, -0.2) is 4.79 Å². The zero-order valence-corrected chi connectivity index (χ0v) is 13.8. The number of fused-ring (bicyclic) bond motifs is 2. The molecular weight excluding hydrogens is 316 g/mol. The third-order valence-electron chi connectivity index (χ3n) is 4.28. The van der Waals surface area contributed by atoms with Crippen LogP contribution < -0.4 is 11.0 Å². The van der Waals surface area contributed by atoms with Gasteiger partial charge in [-0.3, -0.25) is 14.3 Å². The number of carbonyl (C=O) groups excluding carboxylic acids is 1. The standard InChI is InChI=1S/C19H16N4O2/c1-11-6-7-12-4-3-5-15(17(12)20-11)21-18(24)13-8-9-14-16(10-13)23(2)19(25)22-14/h3-10H,1-2H3,(H,21,24)(H,22,25). The van der Waals surface area contributed by atoms with Crippen molar-refractivity contribution >= 4 is 33.5 Å². The summed E-state index contributed by atoms with van der Waals surface area (Å²) in [4.78, 5) is 31.6. The Hall–Kier alpha value is -3.41. The van der Waals surface area contributed by atoms with Crippen LogP contribution in [0.15, 0.2) is 53.3 Å². The molecule has 0 saturated heterocycles. The maximum absolute atomic E-state index is 12.7. The second kappa shape index (κ2) is 5.59. The predicted molar refractivity (Wildman–Crippen MR) is 98.0 cm³/mol. The maximum atomic E-state index is 12.7. The smallest absolute Gasteiger partial charge is 0.320 e. The van der Waals surface area contributed by atoms with Gasteiger partial charge in [0.2, 0.25) is 0 Å². The number of aromatic nitrogens is 3. The second-order valence-electron chi connectivity index (χ2n) is 6.01. The van der Waals surface area contributed by atoms with Crippen molar-refractivity contribution in [2.75, 3.05) is 5.32 Å². The van der Waals surface area contributed by atoms with Gasteiger partial charge in [0.15, 0.2) is 0 Å². The Morgan fingerprint density at radius 3 is 2.84 bits per heavy atom. The van der Waals surface area contributed by atoms with Crippen LogP contribution in [0.5, 0.6) is 0 Å². The van der Waals surface area contributed by atoms with Crippen LogP contribution in [0.4, 0.5) is 5.69 Å². The van der Waals surface area contributed by atoms with Crippen LogP contribution in [0.2, 0.25) is 0 Å². The van der Waals surface area contributed by atoms with Crippen LogP contribution in [-0.2, 0) is 7.05 Å². The topological polar surface area (TPSA) is 79.8 Å². The Morgan fingerprint density at radius 1 is 1.16 bits per heavy atom. The Kier molecular flexibility index (Phi) is 3.39. The first-order valence-electron chi connectivity index (χ1n) is 7.89. The van der Waals surface area contributed by atoms with Crippen LogP contribution in [0.1, 0.15) is 16.1 Å². The van der Waals surface area contributed by atoms with E-state index in [0.717, 1.165) is 16.6 Å². The van der Waals surface area contributed by atoms with Gasteiger partial charge in [-0.1, -0.05) is 18.2 Å². The van der Waals surface area contributed by atoms with E-state index in [4.69, 9.17) is 0 Å². The Labute approximate surface area is 143 Å². The summed E-state index contributed by atoms with van der Waals surface area (Å²) in [6.07, 6.45) is 0. The number of imidazole rings is 1. The number of amides is 1. The number of aromatic amines is 1. The number of anilines is 1. The number of benzene rings is 2. The minimum absolute atomic E-state index is 0.207. The average Bonchev–Trinajstić information content (AvgIpc) is 2.89. The predicted octanol–water partition coefficient (Wildman–Crippen LogP) is 2.98. The summed E-state index contributed by atoms with van der Waals surface area (Å²) in [6, 6.07) is 14.7. The third-order valence-corrected chi connectivity index (χ3v) is 4.28. The summed E-state index contributed by atoms with van der Waals surface area (Å²) in [5, 5.41) is 3.89. The Morgan fingerprint density at radius 2 is 2.00 bits per heavy atom. The number of carbonyl (C=O) groups is 1. The van der Waals surface area contributed by atoms with Crippen molar-refractivity contribution in [3.05, 3.63) is 70.3 Å². The fraction of sp³-hybridized carbons (Fsp3) is 0.105. The number of H-pyrrole nitrogens is 1. The lowest BCUT2D eigenvalue weighted by Crippen LogP contribution is -2.13. The maximum Gasteiger partial charge on any atom is 0.326 e. The molecule has 6 heteroatoms. The Bertz CT molecular complexity index is 1190. The molecule has 0 bridgehead atoms. The molecular formula is C19H16N4O2. The van der Waals surface area contributed by atoms with E-state index in [9.17, 15) is 9.59 Å². The van der Waals surface area contributed by atoms with Crippen molar-refractivity contribution in [2.24, 2.45) is 7.05 Å². The molecule has 0 radical (unpaired) electrons. The molecule has 0 unspecified atom stereocenters. The van der Waals surface area contributed by atoms with Crippen molar-refractivity contribution in [1.29, 1.82) is 0 Å². The fourth-order valence-corrected chi connectivity index (χ4v) is 2.90. The molecule has 0 aliphatic carbocycles. The molecule has 4 rings (SSSR count). The highest BCUT2D eigenvalue weighted by Crippen LogP contribution is 2.23. The lowest BCUT2D eigenvalue weighted by molar-refractivity contribution is 0.102. The van der Waals surface area contributed by atoms with E-state index in [0.29, 0.717) is 22.3 Å². The van der Waals surface area contributed by atoms with Crippen LogP contribution in [-0.4, -0.2) is 20.4 Å². The fourth-order valence-electron chi connectivity index (χ4n) is 2.90. The molecule has 1 amide bonds. The summed E-state index contributed by atoms with van der Waals surface area (Å²) >= 11 is 0. The van der Waals surface area contributed by atoms with E-state index in [1.165, 1.54) is 4.57 Å². The average molecular weight is 332 g/mol. The zero-order chi connectivity index (χ0) is 17.6. The van der Waals surface area contributed by atoms with E-state index in [1.807, 2.05) is 37.3 Å². The highest BCUT2D eigenvalue weighted by atomic mass is 16.2. The molecule has 25 heavy (non-hydrogen) atoms. The van der Waals surface area contributed by atoms with Gasteiger partial charge >= 0.3 is 5.69 Å². The molecule has 2 heterocycles.